The predicted octanol–water partition coefficient (Wildman–Crippen LogP) is 3.41. The molecule has 1 atom stereocenters. The van der Waals surface area contributed by atoms with Crippen molar-refractivity contribution in [2.45, 2.75) is 34.2 Å². The maximum absolute atomic E-state index is 12.6. The van der Waals surface area contributed by atoms with Gasteiger partial charge in [0, 0.05) is 0 Å². The third kappa shape index (κ3) is 4.86. The minimum atomic E-state index is -0.0536. The zero-order valence-corrected chi connectivity index (χ0v) is 18.4. The van der Waals surface area contributed by atoms with Crippen molar-refractivity contribution in [3.63, 3.8) is 0 Å². The third-order valence-corrected chi connectivity index (χ3v) is 5.38. The van der Waals surface area contributed by atoms with Crippen molar-refractivity contribution in [2.75, 3.05) is 18.9 Å². The molecule has 5 nitrogen and oxygen atoms in total. The number of anilines is 1. The average molecular weight is 412 g/mol. The number of quaternary nitrogens is 1. The van der Waals surface area contributed by atoms with Crippen LogP contribution in [0, 0.1) is 27.7 Å². The lowest BCUT2D eigenvalue weighted by Gasteiger charge is -2.16. The molecular formula is C23H28ClN4O+. The second kappa shape index (κ2) is 8.80. The molecule has 2 N–H and O–H groups in total. The molecule has 0 saturated carbocycles. The van der Waals surface area contributed by atoms with Gasteiger partial charge in [0.15, 0.2) is 6.54 Å². The Kier molecular flexibility index (Phi) is 6.40. The number of benzene rings is 2. The molecule has 0 radical (unpaired) electrons. The zero-order valence-electron chi connectivity index (χ0n) is 17.6. The molecule has 6 heteroatoms. The van der Waals surface area contributed by atoms with E-state index in [4.69, 9.17) is 16.7 Å². The summed E-state index contributed by atoms with van der Waals surface area (Å²) in [6.45, 7) is 9.10. The van der Waals surface area contributed by atoms with Crippen LogP contribution in [0.15, 0.2) is 42.5 Å². The summed E-state index contributed by atoms with van der Waals surface area (Å²) < 4.78 is 1.97. The third-order valence-electron chi connectivity index (χ3n) is 5.08. The molecule has 0 fully saturated rings. The number of nitrogens with zero attached hydrogens (tertiary/aromatic N) is 2. The van der Waals surface area contributed by atoms with E-state index in [-0.39, 0.29) is 5.91 Å². The van der Waals surface area contributed by atoms with Crippen LogP contribution in [0.5, 0.6) is 0 Å². The largest absolute Gasteiger partial charge is 0.326 e. The highest BCUT2D eigenvalue weighted by Gasteiger charge is 2.19. The number of aromatic nitrogens is 2. The molecule has 1 aromatic heterocycles. The number of likely N-dealkylation sites (N-methyl/N-ethyl adjacent to an activating group) is 1. The Balaban J connectivity index is 1.69. The number of aryl methyl sites for hydroxylation is 3. The van der Waals surface area contributed by atoms with Gasteiger partial charge in [0.2, 0.25) is 0 Å². The van der Waals surface area contributed by atoms with Gasteiger partial charge in [0.05, 0.1) is 40.4 Å². The van der Waals surface area contributed by atoms with Crippen molar-refractivity contribution in [1.29, 1.82) is 0 Å². The van der Waals surface area contributed by atoms with Crippen LogP contribution in [0.2, 0.25) is 5.02 Å². The van der Waals surface area contributed by atoms with Gasteiger partial charge in [0.25, 0.3) is 5.91 Å². The summed E-state index contributed by atoms with van der Waals surface area (Å²) in [5.74, 6) is -0.0536. The Morgan fingerprint density at radius 1 is 1.14 bits per heavy atom. The molecular weight excluding hydrogens is 384 g/mol. The lowest BCUT2D eigenvalue weighted by atomic mass is 10.1. The molecule has 2 aromatic carbocycles. The van der Waals surface area contributed by atoms with Crippen molar-refractivity contribution >= 4 is 23.2 Å². The monoisotopic (exact) mass is 411 g/mol. The Bertz CT molecular complexity index is 1000. The molecule has 0 saturated heterocycles. The topological polar surface area (TPSA) is 51.4 Å². The molecule has 1 heterocycles. The van der Waals surface area contributed by atoms with Crippen LogP contribution in [0.25, 0.3) is 5.69 Å². The van der Waals surface area contributed by atoms with Crippen LogP contribution < -0.4 is 10.2 Å². The molecule has 1 amide bonds. The van der Waals surface area contributed by atoms with Crippen LogP contribution in [0.1, 0.15) is 28.1 Å². The average Bonchev–Trinajstić information content (AvgIpc) is 2.93. The highest BCUT2D eigenvalue weighted by molar-refractivity contribution is 6.34. The first-order valence-electron chi connectivity index (χ1n) is 9.74. The molecule has 152 valence electrons. The fourth-order valence-corrected chi connectivity index (χ4v) is 4.02. The standard InChI is InChI=1S/C23H27ClN4O/c1-15-11-16(2)23(21(24)12-15)25-22(29)14-27(5)13-20-17(3)26-28(18(20)4)19-9-7-6-8-10-19/h6-12H,13-14H2,1-5H3,(H,25,29)/p+1. The highest BCUT2D eigenvalue weighted by Crippen LogP contribution is 2.27. The number of hydrogen-bond donors (Lipinski definition) is 2. The molecule has 0 spiro atoms. The van der Waals surface area contributed by atoms with Gasteiger partial charge >= 0.3 is 0 Å². The van der Waals surface area contributed by atoms with Gasteiger partial charge in [-0.2, -0.15) is 5.10 Å². The van der Waals surface area contributed by atoms with Crippen LogP contribution in [0.3, 0.4) is 0 Å². The Morgan fingerprint density at radius 3 is 2.48 bits per heavy atom. The summed E-state index contributed by atoms with van der Waals surface area (Å²) in [5, 5.41) is 8.24. The Hall–Kier alpha value is -2.63. The molecule has 3 rings (SSSR count). The van der Waals surface area contributed by atoms with Crippen molar-refractivity contribution < 1.29 is 9.69 Å². The van der Waals surface area contributed by atoms with Crippen molar-refractivity contribution in [1.82, 2.24) is 9.78 Å². The maximum Gasteiger partial charge on any atom is 0.279 e. The maximum atomic E-state index is 12.6. The van der Waals surface area contributed by atoms with E-state index in [0.717, 1.165) is 39.6 Å². The van der Waals surface area contributed by atoms with Crippen LogP contribution in [-0.2, 0) is 11.3 Å². The fourth-order valence-electron chi connectivity index (χ4n) is 3.65. The second-order valence-corrected chi connectivity index (χ2v) is 8.10. The summed E-state index contributed by atoms with van der Waals surface area (Å²) >= 11 is 6.32. The van der Waals surface area contributed by atoms with E-state index in [1.807, 2.05) is 75.0 Å². The molecule has 3 aromatic rings. The normalized spacial score (nSPS) is 12.1. The van der Waals surface area contributed by atoms with E-state index in [9.17, 15) is 4.79 Å². The lowest BCUT2D eigenvalue weighted by Crippen LogP contribution is -3.08. The van der Waals surface area contributed by atoms with E-state index in [1.165, 1.54) is 5.56 Å². The van der Waals surface area contributed by atoms with Crippen molar-refractivity contribution in [2.24, 2.45) is 0 Å². The molecule has 1 unspecified atom stereocenters. The summed E-state index contributed by atoms with van der Waals surface area (Å²) in [4.78, 5) is 13.7. The summed E-state index contributed by atoms with van der Waals surface area (Å²) in [6.07, 6.45) is 0. The first kappa shape index (κ1) is 21.1. The number of para-hydroxylation sites is 1. The number of rotatable bonds is 6. The van der Waals surface area contributed by atoms with Gasteiger partial charge in [-0.15, -0.1) is 0 Å². The van der Waals surface area contributed by atoms with E-state index >= 15 is 0 Å². The van der Waals surface area contributed by atoms with Crippen LogP contribution in [0.4, 0.5) is 5.69 Å². The summed E-state index contributed by atoms with van der Waals surface area (Å²) in [6, 6.07) is 14.0. The second-order valence-electron chi connectivity index (χ2n) is 7.69. The van der Waals surface area contributed by atoms with Gasteiger partial charge < -0.3 is 10.2 Å². The molecule has 0 aliphatic rings. The highest BCUT2D eigenvalue weighted by atomic mass is 35.5. The number of nitrogens with one attached hydrogen (secondary N) is 2. The Morgan fingerprint density at radius 2 is 1.83 bits per heavy atom. The molecule has 0 aliphatic heterocycles. The predicted molar refractivity (Wildman–Crippen MR) is 118 cm³/mol. The van der Waals surface area contributed by atoms with Gasteiger partial charge in [-0.1, -0.05) is 35.9 Å². The van der Waals surface area contributed by atoms with E-state index in [1.54, 1.807) is 0 Å². The van der Waals surface area contributed by atoms with Crippen molar-refractivity contribution in [3.8, 4) is 5.69 Å². The molecule has 0 aliphatic carbocycles. The van der Waals surface area contributed by atoms with Crippen LogP contribution >= 0.6 is 11.6 Å². The smallest absolute Gasteiger partial charge is 0.279 e. The van der Waals surface area contributed by atoms with E-state index in [2.05, 4.69) is 12.2 Å². The van der Waals surface area contributed by atoms with Gasteiger partial charge in [0.1, 0.15) is 6.54 Å². The lowest BCUT2D eigenvalue weighted by molar-refractivity contribution is -0.885. The number of halogens is 1. The fraction of sp³-hybridized carbons (Fsp3) is 0.304. The minimum absolute atomic E-state index is 0.0536. The van der Waals surface area contributed by atoms with Gasteiger partial charge in [-0.3, -0.25) is 4.79 Å². The van der Waals surface area contributed by atoms with Crippen molar-refractivity contribution in [3.05, 3.63) is 75.6 Å². The SMILES string of the molecule is Cc1cc(C)c(NC(=O)C[NH+](C)Cc2c(C)nn(-c3ccccc3)c2C)c(Cl)c1. The first-order valence-corrected chi connectivity index (χ1v) is 10.1. The van der Waals surface area contributed by atoms with Gasteiger partial charge in [-0.05, 0) is 57.0 Å². The molecule has 29 heavy (non-hydrogen) atoms. The number of carbonyl (C=O) groups excluding carboxylic acids is 1. The number of hydrogen-bond acceptors (Lipinski definition) is 2. The zero-order chi connectivity index (χ0) is 21.1. The van der Waals surface area contributed by atoms with Crippen LogP contribution in [-0.4, -0.2) is 29.3 Å². The summed E-state index contributed by atoms with van der Waals surface area (Å²) in [7, 11) is 2.02. The minimum Gasteiger partial charge on any atom is -0.326 e. The number of carbonyl (C=O) groups is 1. The Labute approximate surface area is 177 Å². The van der Waals surface area contributed by atoms with E-state index in [0.29, 0.717) is 17.3 Å². The van der Waals surface area contributed by atoms with Gasteiger partial charge in [-0.25, -0.2) is 4.68 Å². The quantitative estimate of drug-likeness (QED) is 0.653. The first-order chi connectivity index (χ1) is 13.8. The number of amides is 1. The summed E-state index contributed by atoms with van der Waals surface area (Å²) in [5.41, 5.74) is 7.04. The molecule has 0 bridgehead atoms. The van der Waals surface area contributed by atoms with E-state index < -0.39 is 0 Å².